The van der Waals surface area contributed by atoms with E-state index in [0.29, 0.717) is 13.2 Å². The third-order valence-corrected chi connectivity index (χ3v) is 2.51. The van der Waals surface area contributed by atoms with Crippen LogP contribution >= 0.6 is 0 Å². The Balaban J connectivity index is 2.58. The summed E-state index contributed by atoms with van der Waals surface area (Å²) < 4.78 is 7.29. The Kier molecular flexibility index (Phi) is 2.03. The first kappa shape index (κ1) is 9.52. The average molecular weight is 196 g/mol. The Labute approximate surface area is 82.9 Å². The number of fused-ring (bicyclic) bond motifs is 1. The molecular formula is C10H16N2O2. The SMILES string of the molecule is CC(C)(C)n1[nH]c(=O)c2c1COCC2. The minimum absolute atomic E-state index is 0.0400. The Morgan fingerprint density at radius 3 is 2.79 bits per heavy atom. The van der Waals surface area contributed by atoms with Gasteiger partial charge in [0.1, 0.15) is 0 Å². The lowest BCUT2D eigenvalue weighted by Gasteiger charge is -2.25. The first-order chi connectivity index (χ1) is 6.50. The number of aromatic nitrogens is 2. The second kappa shape index (κ2) is 2.98. The Morgan fingerprint density at radius 2 is 2.14 bits per heavy atom. The molecule has 0 aromatic carbocycles. The van der Waals surface area contributed by atoms with Crippen LogP contribution in [-0.4, -0.2) is 16.4 Å². The summed E-state index contributed by atoms with van der Waals surface area (Å²) >= 11 is 0. The van der Waals surface area contributed by atoms with Crippen molar-refractivity contribution in [2.45, 2.75) is 39.3 Å². The van der Waals surface area contributed by atoms with E-state index in [4.69, 9.17) is 4.74 Å². The summed E-state index contributed by atoms with van der Waals surface area (Å²) in [6, 6.07) is 0. The Morgan fingerprint density at radius 1 is 1.43 bits per heavy atom. The van der Waals surface area contributed by atoms with Gasteiger partial charge in [-0.25, -0.2) is 0 Å². The van der Waals surface area contributed by atoms with Gasteiger partial charge in [0.2, 0.25) is 0 Å². The highest BCUT2D eigenvalue weighted by Crippen LogP contribution is 2.20. The summed E-state index contributed by atoms with van der Waals surface area (Å²) in [5.74, 6) is 0. The number of rotatable bonds is 0. The summed E-state index contributed by atoms with van der Waals surface area (Å²) in [4.78, 5) is 11.6. The van der Waals surface area contributed by atoms with Gasteiger partial charge in [0.25, 0.3) is 5.56 Å². The number of aromatic amines is 1. The van der Waals surface area contributed by atoms with Crippen molar-refractivity contribution in [3.05, 3.63) is 21.6 Å². The quantitative estimate of drug-likeness (QED) is 0.673. The average Bonchev–Trinajstić information content (AvgIpc) is 2.44. The van der Waals surface area contributed by atoms with Crippen LogP contribution in [0.25, 0.3) is 0 Å². The summed E-state index contributed by atoms with van der Waals surface area (Å²) in [5, 5.41) is 2.88. The number of nitrogens with zero attached hydrogens (tertiary/aromatic N) is 1. The fourth-order valence-corrected chi connectivity index (χ4v) is 1.83. The monoisotopic (exact) mass is 196 g/mol. The van der Waals surface area contributed by atoms with Gasteiger partial charge in [-0.15, -0.1) is 0 Å². The third-order valence-electron chi connectivity index (χ3n) is 2.51. The summed E-state index contributed by atoms with van der Waals surface area (Å²) in [6.07, 6.45) is 0.730. The predicted octanol–water partition coefficient (Wildman–Crippen LogP) is 1.00. The molecule has 1 aliphatic heterocycles. The predicted molar refractivity (Wildman–Crippen MR) is 53.4 cm³/mol. The molecule has 0 saturated heterocycles. The molecule has 0 atom stereocenters. The van der Waals surface area contributed by atoms with Crippen LogP contribution in [0.3, 0.4) is 0 Å². The van der Waals surface area contributed by atoms with Crippen LogP contribution in [0.5, 0.6) is 0 Å². The van der Waals surface area contributed by atoms with E-state index >= 15 is 0 Å². The van der Waals surface area contributed by atoms with Gasteiger partial charge in [-0.1, -0.05) is 0 Å². The van der Waals surface area contributed by atoms with Crippen LogP contribution in [0.4, 0.5) is 0 Å². The van der Waals surface area contributed by atoms with E-state index in [-0.39, 0.29) is 11.1 Å². The molecule has 4 heteroatoms. The molecule has 0 saturated carbocycles. The first-order valence-electron chi connectivity index (χ1n) is 4.91. The lowest BCUT2D eigenvalue weighted by atomic mass is 10.1. The van der Waals surface area contributed by atoms with Gasteiger partial charge in [0.15, 0.2) is 0 Å². The molecule has 0 aliphatic carbocycles. The molecular weight excluding hydrogens is 180 g/mol. The molecule has 78 valence electrons. The van der Waals surface area contributed by atoms with Crippen LogP contribution in [0.2, 0.25) is 0 Å². The highest BCUT2D eigenvalue weighted by Gasteiger charge is 2.24. The molecule has 14 heavy (non-hydrogen) atoms. The van der Waals surface area contributed by atoms with Gasteiger partial charge in [-0.3, -0.25) is 14.6 Å². The molecule has 1 aromatic heterocycles. The van der Waals surface area contributed by atoms with Crippen LogP contribution in [0.1, 0.15) is 32.0 Å². The molecule has 0 radical (unpaired) electrons. The van der Waals surface area contributed by atoms with Gasteiger partial charge in [-0.05, 0) is 20.8 Å². The smallest absolute Gasteiger partial charge is 0.267 e. The number of nitrogens with one attached hydrogen (secondary N) is 1. The van der Waals surface area contributed by atoms with Gasteiger partial charge in [-0.2, -0.15) is 0 Å². The molecule has 0 spiro atoms. The fraction of sp³-hybridized carbons (Fsp3) is 0.700. The standard InChI is InChI=1S/C10H16N2O2/c1-10(2,3)12-8-6-14-5-4-7(8)9(13)11-12/h4-6H2,1-3H3,(H,11,13). The lowest BCUT2D eigenvalue weighted by molar-refractivity contribution is 0.0999. The van der Waals surface area contributed by atoms with Crippen molar-refractivity contribution in [1.29, 1.82) is 0 Å². The van der Waals surface area contributed by atoms with Gasteiger partial charge in [0, 0.05) is 12.0 Å². The van der Waals surface area contributed by atoms with Crippen molar-refractivity contribution in [1.82, 2.24) is 9.78 Å². The maximum atomic E-state index is 11.6. The van der Waals surface area contributed by atoms with Crippen molar-refractivity contribution in [3.63, 3.8) is 0 Å². The molecule has 1 N–H and O–H groups in total. The minimum atomic E-state index is -0.0898. The van der Waals surface area contributed by atoms with E-state index in [9.17, 15) is 4.79 Å². The molecule has 1 aliphatic rings. The topological polar surface area (TPSA) is 47.0 Å². The Hall–Kier alpha value is -1.03. The number of ether oxygens (including phenoxy) is 1. The van der Waals surface area contributed by atoms with E-state index in [1.807, 2.05) is 4.68 Å². The fourth-order valence-electron chi connectivity index (χ4n) is 1.83. The molecule has 0 bridgehead atoms. The van der Waals surface area contributed by atoms with Crippen LogP contribution in [0.15, 0.2) is 4.79 Å². The highest BCUT2D eigenvalue weighted by atomic mass is 16.5. The molecule has 0 amide bonds. The third kappa shape index (κ3) is 1.39. The highest BCUT2D eigenvalue weighted by molar-refractivity contribution is 5.20. The minimum Gasteiger partial charge on any atom is -0.375 e. The number of hydrogen-bond donors (Lipinski definition) is 1. The summed E-state index contributed by atoms with van der Waals surface area (Å²) in [5.41, 5.74) is 1.85. The summed E-state index contributed by atoms with van der Waals surface area (Å²) in [7, 11) is 0. The normalized spacial score (nSPS) is 16.8. The van der Waals surface area contributed by atoms with Gasteiger partial charge in [0.05, 0.1) is 24.4 Å². The zero-order chi connectivity index (χ0) is 10.3. The van der Waals surface area contributed by atoms with E-state index in [1.165, 1.54) is 0 Å². The number of H-pyrrole nitrogens is 1. The maximum Gasteiger partial charge on any atom is 0.267 e. The lowest BCUT2D eigenvalue weighted by Crippen LogP contribution is -2.27. The van der Waals surface area contributed by atoms with E-state index in [1.54, 1.807) is 0 Å². The van der Waals surface area contributed by atoms with Crippen molar-refractivity contribution >= 4 is 0 Å². The van der Waals surface area contributed by atoms with Gasteiger partial charge < -0.3 is 4.74 Å². The van der Waals surface area contributed by atoms with Gasteiger partial charge >= 0.3 is 0 Å². The molecule has 2 rings (SSSR count). The zero-order valence-electron chi connectivity index (χ0n) is 8.89. The summed E-state index contributed by atoms with van der Waals surface area (Å²) in [6.45, 7) is 7.41. The van der Waals surface area contributed by atoms with Crippen LogP contribution < -0.4 is 5.56 Å². The van der Waals surface area contributed by atoms with Crippen molar-refractivity contribution in [2.75, 3.05) is 6.61 Å². The molecule has 1 aromatic rings. The number of hydrogen-bond acceptors (Lipinski definition) is 2. The Bertz CT molecular complexity index is 395. The van der Waals surface area contributed by atoms with Crippen molar-refractivity contribution in [2.24, 2.45) is 0 Å². The second-order valence-corrected chi connectivity index (χ2v) is 4.67. The molecule has 4 nitrogen and oxygen atoms in total. The first-order valence-corrected chi connectivity index (χ1v) is 4.91. The van der Waals surface area contributed by atoms with Crippen molar-refractivity contribution in [3.8, 4) is 0 Å². The molecule has 2 heterocycles. The zero-order valence-corrected chi connectivity index (χ0v) is 8.89. The molecule has 0 unspecified atom stereocenters. The largest absolute Gasteiger partial charge is 0.375 e. The maximum absolute atomic E-state index is 11.6. The van der Waals surface area contributed by atoms with Crippen LogP contribution in [0, 0.1) is 0 Å². The van der Waals surface area contributed by atoms with E-state index in [2.05, 4.69) is 25.9 Å². The van der Waals surface area contributed by atoms with Crippen molar-refractivity contribution < 1.29 is 4.74 Å². The van der Waals surface area contributed by atoms with E-state index < -0.39 is 0 Å². The molecule has 0 fully saturated rings. The van der Waals surface area contributed by atoms with E-state index in [0.717, 1.165) is 17.7 Å². The van der Waals surface area contributed by atoms with Crippen LogP contribution in [-0.2, 0) is 23.3 Å². The second-order valence-electron chi connectivity index (χ2n) is 4.67.